The van der Waals surface area contributed by atoms with Crippen molar-refractivity contribution in [3.8, 4) is 5.75 Å². The van der Waals surface area contributed by atoms with Crippen LogP contribution < -0.4 is 10.1 Å². The zero-order valence-corrected chi connectivity index (χ0v) is 15.0. The fraction of sp³-hybridized carbons (Fsp3) is 0.444. The van der Waals surface area contributed by atoms with Gasteiger partial charge in [0.25, 0.3) is 5.91 Å². The molecule has 0 aliphatic carbocycles. The maximum atomic E-state index is 12.3. The van der Waals surface area contributed by atoms with E-state index < -0.39 is 0 Å². The Morgan fingerprint density at radius 3 is 2.67 bits per heavy atom. The fourth-order valence-electron chi connectivity index (χ4n) is 2.18. The number of amides is 1. The highest BCUT2D eigenvalue weighted by Gasteiger charge is 2.20. The van der Waals surface area contributed by atoms with Crippen LogP contribution in [0.25, 0.3) is 0 Å². The molecule has 0 atom stereocenters. The number of likely N-dealkylation sites (N-methyl/N-ethyl adjacent to an activating group) is 1. The smallest absolute Gasteiger partial charge is 0.273 e. The average molecular weight is 331 g/mol. The first-order chi connectivity index (χ1) is 11.4. The summed E-state index contributed by atoms with van der Waals surface area (Å²) in [5.74, 6) is 1.11. The first-order valence-electron chi connectivity index (χ1n) is 7.96. The molecule has 0 fully saturated rings. The van der Waals surface area contributed by atoms with Crippen LogP contribution in [0.15, 0.2) is 22.7 Å². The van der Waals surface area contributed by atoms with Gasteiger partial charge in [0.15, 0.2) is 5.69 Å². The van der Waals surface area contributed by atoms with E-state index in [0.29, 0.717) is 17.9 Å². The van der Waals surface area contributed by atoms with Crippen molar-refractivity contribution in [1.82, 2.24) is 15.4 Å². The molecule has 0 aliphatic heterocycles. The second kappa shape index (κ2) is 7.97. The zero-order valence-electron chi connectivity index (χ0n) is 15.0. The van der Waals surface area contributed by atoms with Crippen molar-refractivity contribution in [3.05, 3.63) is 46.3 Å². The molecule has 1 aromatic carbocycles. The highest BCUT2D eigenvalue weighted by atomic mass is 16.5. The molecule has 130 valence electrons. The molecular weight excluding hydrogens is 306 g/mol. The van der Waals surface area contributed by atoms with Gasteiger partial charge in [-0.25, -0.2) is 0 Å². The molecule has 0 saturated heterocycles. The van der Waals surface area contributed by atoms with Crippen LogP contribution in [0, 0.1) is 20.8 Å². The van der Waals surface area contributed by atoms with Gasteiger partial charge in [-0.3, -0.25) is 4.79 Å². The maximum absolute atomic E-state index is 12.3. The van der Waals surface area contributed by atoms with Gasteiger partial charge in [0.05, 0.1) is 5.56 Å². The number of carbonyl (C=O) groups excluding carboxylic acids is 1. The quantitative estimate of drug-likeness (QED) is 0.844. The molecule has 6 heteroatoms. The Balaban J connectivity index is 2.03. The van der Waals surface area contributed by atoms with Gasteiger partial charge in [0, 0.05) is 13.1 Å². The van der Waals surface area contributed by atoms with E-state index in [-0.39, 0.29) is 18.2 Å². The van der Waals surface area contributed by atoms with Crippen molar-refractivity contribution in [2.45, 2.75) is 27.4 Å². The van der Waals surface area contributed by atoms with Crippen molar-refractivity contribution in [3.63, 3.8) is 0 Å². The van der Waals surface area contributed by atoms with E-state index in [0.717, 1.165) is 17.9 Å². The zero-order chi connectivity index (χ0) is 17.7. The molecule has 0 radical (unpaired) electrons. The summed E-state index contributed by atoms with van der Waals surface area (Å²) < 4.78 is 11.0. The van der Waals surface area contributed by atoms with Gasteiger partial charge in [-0.2, -0.15) is 0 Å². The van der Waals surface area contributed by atoms with E-state index in [4.69, 9.17) is 9.26 Å². The minimum absolute atomic E-state index is 0.243. The standard InChI is InChI=1S/C18H25N3O3/c1-12-6-7-15(10-13(12)2)23-11-16-14(3)24-20-17(16)18(22)19-8-9-21(4)5/h6-7,10H,8-9,11H2,1-5H3,(H,19,22). The summed E-state index contributed by atoms with van der Waals surface area (Å²) >= 11 is 0. The molecule has 1 aromatic heterocycles. The molecule has 0 aliphatic rings. The van der Waals surface area contributed by atoms with Crippen molar-refractivity contribution in [1.29, 1.82) is 0 Å². The van der Waals surface area contributed by atoms with Crippen LogP contribution in [0.4, 0.5) is 0 Å². The van der Waals surface area contributed by atoms with Crippen molar-refractivity contribution >= 4 is 5.91 Å². The Morgan fingerprint density at radius 2 is 2.00 bits per heavy atom. The Morgan fingerprint density at radius 1 is 1.25 bits per heavy atom. The van der Waals surface area contributed by atoms with E-state index >= 15 is 0 Å². The highest BCUT2D eigenvalue weighted by Crippen LogP contribution is 2.20. The summed E-state index contributed by atoms with van der Waals surface area (Å²) in [6, 6.07) is 5.91. The van der Waals surface area contributed by atoms with Gasteiger partial charge in [-0.15, -0.1) is 0 Å². The molecule has 2 rings (SSSR count). The van der Waals surface area contributed by atoms with Crippen LogP contribution in [0.3, 0.4) is 0 Å². The highest BCUT2D eigenvalue weighted by molar-refractivity contribution is 5.93. The van der Waals surface area contributed by atoms with E-state index in [9.17, 15) is 4.79 Å². The molecule has 2 aromatic rings. The topological polar surface area (TPSA) is 67.6 Å². The van der Waals surface area contributed by atoms with E-state index in [1.165, 1.54) is 5.56 Å². The van der Waals surface area contributed by atoms with Crippen LogP contribution in [-0.4, -0.2) is 43.1 Å². The summed E-state index contributed by atoms with van der Waals surface area (Å²) in [5.41, 5.74) is 3.34. The molecule has 1 amide bonds. The Hall–Kier alpha value is -2.34. The maximum Gasteiger partial charge on any atom is 0.273 e. The first kappa shape index (κ1) is 18.0. The van der Waals surface area contributed by atoms with Crippen LogP contribution >= 0.6 is 0 Å². The Kier molecular flexibility index (Phi) is 5.98. The predicted octanol–water partition coefficient (Wildman–Crippen LogP) is 2.47. The van der Waals surface area contributed by atoms with Crippen LogP contribution in [-0.2, 0) is 6.61 Å². The van der Waals surface area contributed by atoms with Gasteiger partial charge in [0.1, 0.15) is 18.1 Å². The number of nitrogens with zero attached hydrogens (tertiary/aromatic N) is 2. The van der Waals surface area contributed by atoms with Crippen molar-refractivity contribution < 1.29 is 14.1 Å². The molecule has 1 N–H and O–H groups in total. The molecule has 6 nitrogen and oxygen atoms in total. The fourth-order valence-corrected chi connectivity index (χ4v) is 2.18. The third kappa shape index (κ3) is 4.58. The number of aromatic nitrogens is 1. The molecule has 0 saturated carbocycles. The SMILES string of the molecule is Cc1ccc(OCc2c(C(=O)NCCN(C)C)noc2C)cc1C. The summed E-state index contributed by atoms with van der Waals surface area (Å²) in [4.78, 5) is 14.3. The number of benzene rings is 1. The number of nitrogens with one attached hydrogen (secondary N) is 1. The second-order valence-electron chi connectivity index (χ2n) is 6.16. The van der Waals surface area contributed by atoms with E-state index in [2.05, 4.69) is 17.4 Å². The van der Waals surface area contributed by atoms with Gasteiger partial charge < -0.3 is 19.5 Å². The number of hydrogen-bond donors (Lipinski definition) is 1. The van der Waals surface area contributed by atoms with Crippen LogP contribution in [0.5, 0.6) is 5.75 Å². The lowest BCUT2D eigenvalue weighted by atomic mass is 10.1. The Labute approximate surface area is 142 Å². The summed E-state index contributed by atoms with van der Waals surface area (Å²) in [6.45, 7) is 7.43. The monoisotopic (exact) mass is 331 g/mol. The van der Waals surface area contributed by atoms with Gasteiger partial charge >= 0.3 is 0 Å². The normalized spacial score (nSPS) is 10.9. The summed E-state index contributed by atoms with van der Waals surface area (Å²) in [6.07, 6.45) is 0. The van der Waals surface area contributed by atoms with Gasteiger partial charge in [-0.1, -0.05) is 11.2 Å². The lowest BCUT2D eigenvalue weighted by molar-refractivity contribution is 0.0940. The molecular formula is C18H25N3O3. The number of rotatable bonds is 7. The summed E-state index contributed by atoms with van der Waals surface area (Å²) in [5, 5.41) is 6.72. The van der Waals surface area contributed by atoms with Crippen molar-refractivity contribution in [2.24, 2.45) is 0 Å². The number of ether oxygens (including phenoxy) is 1. The minimum Gasteiger partial charge on any atom is -0.489 e. The molecule has 24 heavy (non-hydrogen) atoms. The van der Waals surface area contributed by atoms with Crippen LogP contribution in [0.1, 0.15) is 32.9 Å². The predicted molar refractivity (Wildman–Crippen MR) is 92.4 cm³/mol. The number of aryl methyl sites for hydroxylation is 3. The third-order valence-electron chi connectivity index (χ3n) is 3.91. The second-order valence-corrected chi connectivity index (χ2v) is 6.16. The first-order valence-corrected chi connectivity index (χ1v) is 7.96. The molecule has 0 unspecified atom stereocenters. The number of carbonyl (C=O) groups is 1. The molecule has 0 bridgehead atoms. The molecule has 1 heterocycles. The summed E-state index contributed by atoms with van der Waals surface area (Å²) in [7, 11) is 3.91. The van der Waals surface area contributed by atoms with E-state index in [1.807, 2.05) is 44.1 Å². The van der Waals surface area contributed by atoms with Gasteiger partial charge in [-0.05, 0) is 58.1 Å². The lowest BCUT2D eigenvalue weighted by Crippen LogP contribution is -2.32. The minimum atomic E-state index is -0.243. The van der Waals surface area contributed by atoms with E-state index in [1.54, 1.807) is 6.92 Å². The lowest BCUT2D eigenvalue weighted by Gasteiger charge is -2.11. The largest absolute Gasteiger partial charge is 0.489 e. The number of hydrogen-bond acceptors (Lipinski definition) is 5. The van der Waals surface area contributed by atoms with Gasteiger partial charge in [0.2, 0.25) is 0 Å². The van der Waals surface area contributed by atoms with Crippen LogP contribution in [0.2, 0.25) is 0 Å². The Bertz CT molecular complexity index is 708. The average Bonchev–Trinajstić information content (AvgIpc) is 2.89. The third-order valence-corrected chi connectivity index (χ3v) is 3.91. The van der Waals surface area contributed by atoms with Crippen molar-refractivity contribution in [2.75, 3.05) is 27.2 Å². The molecule has 0 spiro atoms.